The molecule has 82 valence electrons. The Bertz CT molecular complexity index is 404. The molecule has 0 unspecified atom stereocenters. The molecule has 2 nitrogen and oxygen atoms in total. The highest BCUT2D eigenvalue weighted by molar-refractivity contribution is 5.61. The highest BCUT2D eigenvalue weighted by Crippen LogP contribution is 2.38. The molecule has 1 aromatic carbocycles. The van der Waals surface area contributed by atoms with Crippen molar-refractivity contribution in [3.63, 3.8) is 0 Å². The number of nitrogens with zero attached hydrogens (tertiary/aromatic N) is 1. The van der Waals surface area contributed by atoms with Crippen molar-refractivity contribution in [2.24, 2.45) is 0 Å². The summed E-state index contributed by atoms with van der Waals surface area (Å²) in [4.78, 5) is 1.74. The Morgan fingerprint density at radius 3 is 2.67 bits per heavy atom. The Balaban J connectivity index is 2.55. The number of fused-ring (bicyclic) bond motifs is 1. The molecule has 1 aliphatic rings. The molecule has 0 saturated carbocycles. The van der Waals surface area contributed by atoms with Gasteiger partial charge in [-0.3, -0.25) is 0 Å². The summed E-state index contributed by atoms with van der Waals surface area (Å²) in [6.45, 7) is 4.34. The zero-order valence-electron chi connectivity index (χ0n) is 8.97. The topological polar surface area (TPSA) is 12.5 Å². The average molecular weight is 213 g/mol. The van der Waals surface area contributed by atoms with Crippen LogP contribution >= 0.6 is 0 Å². The average Bonchev–Trinajstić information content (AvgIpc) is 1.97. The number of benzene rings is 1. The maximum absolute atomic E-state index is 13.5. The molecular formula is C11H13F2NO. The van der Waals surface area contributed by atoms with Crippen LogP contribution in [0.15, 0.2) is 12.1 Å². The monoisotopic (exact) mass is 213 g/mol. The quantitative estimate of drug-likeness (QED) is 0.656. The predicted molar refractivity (Wildman–Crippen MR) is 54.3 cm³/mol. The van der Waals surface area contributed by atoms with E-state index in [-0.39, 0.29) is 5.75 Å². The lowest BCUT2D eigenvalue weighted by atomic mass is 10.1. The summed E-state index contributed by atoms with van der Waals surface area (Å²) in [5.41, 5.74) is -0.0992. The number of halogens is 2. The fraction of sp³-hybridized carbons (Fsp3) is 0.455. The van der Waals surface area contributed by atoms with Crippen molar-refractivity contribution in [3.05, 3.63) is 23.8 Å². The molecule has 0 bridgehead atoms. The summed E-state index contributed by atoms with van der Waals surface area (Å²) in [6, 6.07) is 2.09. The summed E-state index contributed by atoms with van der Waals surface area (Å²) in [5.74, 6) is -0.924. The van der Waals surface area contributed by atoms with Gasteiger partial charge in [0.2, 0.25) is 0 Å². The Morgan fingerprint density at radius 2 is 2.00 bits per heavy atom. The molecule has 0 atom stereocenters. The highest BCUT2D eigenvalue weighted by atomic mass is 19.1. The van der Waals surface area contributed by atoms with Gasteiger partial charge in [0, 0.05) is 19.2 Å². The lowest BCUT2D eigenvalue weighted by molar-refractivity contribution is 0.105. The van der Waals surface area contributed by atoms with Gasteiger partial charge in [-0.2, -0.15) is 0 Å². The third-order valence-corrected chi connectivity index (χ3v) is 2.38. The number of ether oxygens (including phenoxy) is 1. The van der Waals surface area contributed by atoms with Gasteiger partial charge in [0.05, 0.1) is 6.54 Å². The van der Waals surface area contributed by atoms with Gasteiger partial charge < -0.3 is 9.64 Å². The summed E-state index contributed by atoms with van der Waals surface area (Å²) in [6.07, 6.45) is 0. The summed E-state index contributed by atoms with van der Waals surface area (Å²) in [5, 5.41) is 0. The van der Waals surface area contributed by atoms with Crippen LogP contribution in [0.3, 0.4) is 0 Å². The molecule has 0 radical (unpaired) electrons. The van der Waals surface area contributed by atoms with E-state index in [1.165, 1.54) is 6.07 Å². The predicted octanol–water partition coefficient (Wildman–Crippen LogP) is 2.57. The van der Waals surface area contributed by atoms with Gasteiger partial charge in [0.15, 0.2) is 5.82 Å². The first-order valence-electron chi connectivity index (χ1n) is 4.78. The lowest BCUT2D eigenvalue weighted by Gasteiger charge is -2.39. The van der Waals surface area contributed by atoms with Crippen molar-refractivity contribution in [1.29, 1.82) is 0 Å². The summed E-state index contributed by atoms with van der Waals surface area (Å²) in [7, 11) is 1.77. The van der Waals surface area contributed by atoms with Gasteiger partial charge in [-0.1, -0.05) is 0 Å². The van der Waals surface area contributed by atoms with Gasteiger partial charge >= 0.3 is 0 Å². The van der Waals surface area contributed by atoms with Crippen LogP contribution in [0.5, 0.6) is 5.75 Å². The van der Waals surface area contributed by atoms with E-state index in [9.17, 15) is 8.78 Å². The van der Waals surface area contributed by atoms with Gasteiger partial charge in [-0.15, -0.1) is 0 Å². The summed E-state index contributed by atoms with van der Waals surface area (Å²) < 4.78 is 32.0. The molecule has 15 heavy (non-hydrogen) atoms. The van der Waals surface area contributed by atoms with E-state index in [1.807, 2.05) is 13.8 Å². The summed E-state index contributed by atoms with van der Waals surface area (Å²) >= 11 is 0. The highest BCUT2D eigenvalue weighted by Gasteiger charge is 2.32. The molecule has 2 rings (SSSR count). The van der Waals surface area contributed by atoms with Crippen LogP contribution < -0.4 is 9.64 Å². The van der Waals surface area contributed by atoms with Gasteiger partial charge in [0.1, 0.15) is 22.9 Å². The maximum Gasteiger partial charge on any atom is 0.153 e. The molecular weight excluding hydrogens is 200 g/mol. The van der Waals surface area contributed by atoms with E-state index in [0.29, 0.717) is 12.2 Å². The first kappa shape index (κ1) is 10.2. The van der Waals surface area contributed by atoms with Gasteiger partial charge in [-0.25, -0.2) is 8.78 Å². The molecule has 0 saturated heterocycles. The van der Waals surface area contributed by atoms with Crippen molar-refractivity contribution in [1.82, 2.24) is 0 Å². The molecule has 1 heterocycles. The van der Waals surface area contributed by atoms with Crippen molar-refractivity contribution in [2.45, 2.75) is 19.4 Å². The second-order valence-corrected chi connectivity index (χ2v) is 4.45. The third kappa shape index (κ3) is 1.76. The molecule has 0 aromatic heterocycles. The Kier molecular flexibility index (Phi) is 2.10. The molecule has 0 N–H and O–H groups in total. The Hall–Kier alpha value is -1.32. The number of hydrogen-bond acceptors (Lipinski definition) is 2. The van der Waals surface area contributed by atoms with Crippen LogP contribution in [0.2, 0.25) is 0 Å². The van der Waals surface area contributed by atoms with Crippen molar-refractivity contribution < 1.29 is 13.5 Å². The van der Waals surface area contributed by atoms with Crippen molar-refractivity contribution >= 4 is 5.69 Å². The number of rotatable bonds is 0. The number of hydrogen-bond donors (Lipinski definition) is 0. The zero-order chi connectivity index (χ0) is 11.2. The van der Waals surface area contributed by atoms with Crippen molar-refractivity contribution in [3.8, 4) is 5.75 Å². The van der Waals surface area contributed by atoms with Crippen LogP contribution in [0.4, 0.5) is 14.5 Å². The lowest BCUT2D eigenvalue weighted by Crippen LogP contribution is -2.45. The van der Waals surface area contributed by atoms with E-state index in [1.54, 1.807) is 11.9 Å². The van der Waals surface area contributed by atoms with Gasteiger partial charge in [-0.05, 0) is 13.8 Å². The first-order chi connectivity index (χ1) is 6.89. The SMILES string of the molecule is CN1CC(C)(C)Oc2cc(F)cc(F)c21. The number of anilines is 1. The molecule has 0 amide bonds. The largest absolute Gasteiger partial charge is 0.484 e. The van der Waals surface area contributed by atoms with Crippen LogP contribution in [-0.2, 0) is 0 Å². The molecule has 0 aliphatic carbocycles. The fourth-order valence-corrected chi connectivity index (χ4v) is 1.97. The van der Waals surface area contributed by atoms with Crippen LogP contribution in [0.25, 0.3) is 0 Å². The van der Waals surface area contributed by atoms with E-state index in [4.69, 9.17) is 4.74 Å². The minimum atomic E-state index is -0.614. The van der Waals surface area contributed by atoms with E-state index >= 15 is 0 Å². The molecule has 0 spiro atoms. The fourth-order valence-electron chi connectivity index (χ4n) is 1.97. The van der Waals surface area contributed by atoms with Crippen LogP contribution in [0.1, 0.15) is 13.8 Å². The standard InChI is InChI=1S/C11H13F2NO/c1-11(2)6-14(3)10-8(13)4-7(12)5-9(10)15-11/h4-5H,6H2,1-3H3. The Morgan fingerprint density at radius 1 is 1.33 bits per heavy atom. The minimum absolute atomic E-state index is 0.270. The van der Waals surface area contributed by atoms with Crippen molar-refractivity contribution in [2.75, 3.05) is 18.5 Å². The third-order valence-electron chi connectivity index (χ3n) is 2.38. The van der Waals surface area contributed by atoms with Crippen LogP contribution in [-0.4, -0.2) is 19.2 Å². The van der Waals surface area contributed by atoms with Crippen LogP contribution in [0, 0.1) is 11.6 Å². The molecule has 1 aromatic rings. The molecule has 1 aliphatic heterocycles. The Labute approximate surface area is 87.5 Å². The second kappa shape index (κ2) is 3.08. The number of likely N-dealkylation sites (N-methyl/N-ethyl adjacent to an activating group) is 1. The maximum atomic E-state index is 13.5. The first-order valence-corrected chi connectivity index (χ1v) is 4.78. The van der Waals surface area contributed by atoms with E-state index in [0.717, 1.165) is 6.07 Å². The zero-order valence-corrected chi connectivity index (χ0v) is 8.97. The minimum Gasteiger partial charge on any atom is -0.484 e. The molecule has 0 fully saturated rings. The smallest absolute Gasteiger partial charge is 0.153 e. The van der Waals surface area contributed by atoms with Gasteiger partial charge in [0.25, 0.3) is 0 Å². The molecule has 4 heteroatoms. The second-order valence-electron chi connectivity index (χ2n) is 4.45. The normalized spacial score (nSPS) is 18.3. The van der Waals surface area contributed by atoms with E-state index < -0.39 is 17.2 Å². The van der Waals surface area contributed by atoms with E-state index in [2.05, 4.69) is 0 Å².